The van der Waals surface area contributed by atoms with E-state index in [1.54, 1.807) is 11.9 Å². The molecule has 0 heterocycles. The van der Waals surface area contributed by atoms with Crippen LogP contribution in [0.15, 0.2) is 0 Å². The molecular formula is C14H29N3O3. The van der Waals surface area contributed by atoms with Crippen LogP contribution in [-0.4, -0.2) is 62.7 Å². The molecule has 2 amide bonds. The highest BCUT2D eigenvalue weighted by atomic mass is 16.5. The Labute approximate surface area is 122 Å². The zero-order chi connectivity index (χ0) is 15.4. The molecular weight excluding hydrogens is 258 g/mol. The van der Waals surface area contributed by atoms with Crippen LogP contribution in [0.5, 0.6) is 0 Å². The third kappa shape index (κ3) is 9.75. The van der Waals surface area contributed by atoms with Crippen LogP contribution in [0.3, 0.4) is 0 Å². The number of hydrogen-bond donors (Lipinski definition) is 2. The van der Waals surface area contributed by atoms with Gasteiger partial charge in [0, 0.05) is 39.0 Å². The summed E-state index contributed by atoms with van der Waals surface area (Å²) in [7, 11) is 1.77. The topological polar surface area (TPSA) is 70.7 Å². The predicted molar refractivity (Wildman–Crippen MR) is 79.5 cm³/mol. The average molecular weight is 287 g/mol. The number of likely N-dealkylation sites (N-methyl/N-ethyl adjacent to an activating group) is 1. The Kier molecular flexibility index (Phi) is 11.0. The molecule has 0 aromatic rings. The van der Waals surface area contributed by atoms with E-state index in [0.717, 1.165) is 13.1 Å². The molecule has 0 rings (SSSR count). The van der Waals surface area contributed by atoms with Crippen LogP contribution in [0.1, 0.15) is 33.6 Å². The second-order valence-electron chi connectivity index (χ2n) is 4.91. The van der Waals surface area contributed by atoms with Crippen molar-refractivity contribution in [1.82, 2.24) is 15.5 Å². The zero-order valence-electron chi connectivity index (χ0n) is 13.2. The summed E-state index contributed by atoms with van der Waals surface area (Å²) >= 11 is 0. The number of rotatable bonds is 11. The van der Waals surface area contributed by atoms with Gasteiger partial charge in [-0.15, -0.1) is 0 Å². The fourth-order valence-electron chi connectivity index (χ4n) is 1.45. The number of nitrogens with one attached hydrogen (secondary N) is 2. The molecule has 0 saturated heterocycles. The lowest BCUT2D eigenvalue weighted by Crippen LogP contribution is -2.36. The van der Waals surface area contributed by atoms with Crippen molar-refractivity contribution in [2.45, 2.75) is 39.7 Å². The lowest BCUT2D eigenvalue weighted by Gasteiger charge is -2.21. The Bertz CT molecular complexity index is 283. The molecule has 0 aliphatic rings. The van der Waals surface area contributed by atoms with E-state index < -0.39 is 0 Å². The average Bonchev–Trinajstić information content (AvgIpc) is 2.41. The van der Waals surface area contributed by atoms with Crippen LogP contribution in [0.4, 0.5) is 0 Å². The van der Waals surface area contributed by atoms with Crippen molar-refractivity contribution in [1.29, 1.82) is 0 Å². The van der Waals surface area contributed by atoms with Gasteiger partial charge in [0.15, 0.2) is 0 Å². The van der Waals surface area contributed by atoms with Gasteiger partial charge in [-0.05, 0) is 20.4 Å². The molecule has 0 radical (unpaired) electrons. The first kappa shape index (κ1) is 18.9. The Morgan fingerprint density at radius 2 is 1.85 bits per heavy atom. The van der Waals surface area contributed by atoms with Crippen molar-refractivity contribution < 1.29 is 14.3 Å². The summed E-state index contributed by atoms with van der Waals surface area (Å²) in [6, 6.07) is 0.184. The Balaban J connectivity index is 3.52. The van der Waals surface area contributed by atoms with Gasteiger partial charge >= 0.3 is 0 Å². The summed E-state index contributed by atoms with van der Waals surface area (Å²) in [5.74, 6) is -0.0318. The van der Waals surface area contributed by atoms with Gasteiger partial charge in [-0.2, -0.15) is 0 Å². The monoisotopic (exact) mass is 287 g/mol. The van der Waals surface area contributed by atoms with Crippen LogP contribution >= 0.6 is 0 Å². The van der Waals surface area contributed by atoms with E-state index in [2.05, 4.69) is 10.6 Å². The van der Waals surface area contributed by atoms with E-state index >= 15 is 0 Å². The van der Waals surface area contributed by atoms with E-state index in [9.17, 15) is 9.59 Å². The maximum absolute atomic E-state index is 11.7. The van der Waals surface area contributed by atoms with Crippen molar-refractivity contribution in [3.63, 3.8) is 0 Å². The van der Waals surface area contributed by atoms with Gasteiger partial charge in [-0.25, -0.2) is 0 Å². The minimum absolute atomic E-state index is 0.0437. The summed E-state index contributed by atoms with van der Waals surface area (Å²) in [4.78, 5) is 24.8. The van der Waals surface area contributed by atoms with Gasteiger partial charge in [0.05, 0.1) is 13.2 Å². The molecule has 0 bridgehead atoms. The molecule has 118 valence electrons. The first-order chi connectivity index (χ1) is 9.49. The van der Waals surface area contributed by atoms with Crippen LogP contribution < -0.4 is 10.6 Å². The number of nitrogens with zero attached hydrogens (tertiary/aromatic N) is 1. The molecule has 0 saturated carbocycles. The van der Waals surface area contributed by atoms with Crippen LogP contribution in [0.2, 0.25) is 0 Å². The van der Waals surface area contributed by atoms with Crippen LogP contribution in [0, 0.1) is 0 Å². The van der Waals surface area contributed by atoms with Crippen molar-refractivity contribution >= 4 is 11.8 Å². The van der Waals surface area contributed by atoms with E-state index in [1.807, 2.05) is 20.8 Å². The lowest BCUT2D eigenvalue weighted by atomic mass is 10.3. The van der Waals surface area contributed by atoms with E-state index in [4.69, 9.17) is 4.74 Å². The predicted octanol–water partition coefficient (Wildman–Crippen LogP) is 0.376. The van der Waals surface area contributed by atoms with E-state index in [-0.39, 0.29) is 17.9 Å². The van der Waals surface area contributed by atoms with Crippen molar-refractivity contribution in [2.75, 3.05) is 39.9 Å². The lowest BCUT2D eigenvalue weighted by molar-refractivity contribution is -0.131. The smallest absolute Gasteiger partial charge is 0.224 e. The summed E-state index contributed by atoms with van der Waals surface area (Å²) in [5.41, 5.74) is 0. The molecule has 0 fully saturated rings. The summed E-state index contributed by atoms with van der Waals surface area (Å²) in [5, 5.41) is 5.86. The quantitative estimate of drug-likeness (QED) is 0.539. The molecule has 2 N–H and O–H groups in total. The molecule has 0 aromatic heterocycles. The molecule has 0 aromatic carbocycles. The van der Waals surface area contributed by atoms with Crippen molar-refractivity contribution in [3.05, 3.63) is 0 Å². The summed E-state index contributed by atoms with van der Waals surface area (Å²) in [6.07, 6.45) is 0.669. The highest BCUT2D eigenvalue weighted by Crippen LogP contribution is 1.96. The van der Waals surface area contributed by atoms with Gasteiger partial charge in [0.2, 0.25) is 11.8 Å². The van der Waals surface area contributed by atoms with Crippen LogP contribution in [0.25, 0.3) is 0 Å². The normalized spacial score (nSPS) is 10.7. The third-order valence-corrected chi connectivity index (χ3v) is 2.98. The van der Waals surface area contributed by atoms with Gasteiger partial charge in [0.1, 0.15) is 0 Å². The fourth-order valence-corrected chi connectivity index (χ4v) is 1.45. The zero-order valence-corrected chi connectivity index (χ0v) is 13.2. The largest absolute Gasteiger partial charge is 0.380 e. The van der Waals surface area contributed by atoms with Crippen molar-refractivity contribution in [2.24, 2.45) is 0 Å². The number of amides is 2. The second kappa shape index (κ2) is 11.7. The molecule has 6 nitrogen and oxygen atoms in total. The SMILES string of the molecule is CCNCCOCCC(=O)NCCC(=O)N(C)C(C)C. The van der Waals surface area contributed by atoms with E-state index in [0.29, 0.717) is 32.6 Å². The third-order valence-electron chi connectivity index (χ3n) is 2.98. The molecule has 0 aliphatic heterocycles. The molecule has 0 unspecified atom stereocenters. The number of carbonyl (C=O) groups is 2. The van der Waals surface area contributed by atoms with Crippen molar-refractivity contribution in [3.8, 4) is 0 Å². The maximum Gasteiger partial charge on any atom is 0.224 e. The highest BCUT2D eigenvalue weighted by molar-refractivity contribution is 5.79. The molecule has 0 atom stereocenters. The van der Waals surface area contributed by atoms with Gasteiger partial charge in [0.25, 0.3) is 0 Å². The van der Waals surface area contributed by atoms with E-state index in [1.165, 1.54) is 0 Å². The molecule has 20 heavy (non-hydrogen) atoms. The standard InChI is InChI=1S/C14H29N3O3/c1-5-15-9-11-20-10-7-13(18)16-8-6-14(19)17(4)12(2)3/h12,15H,5-11H2,1-4H3,(H,16,18). The van der Waals surface area contributed by atoms with Crippen LogP contribution in [-0.2, 0) is 14.3 Å². The summed E-state index contributed by atoms with van der Waals surface area (Å²) < 4.78 is 5.30. The molecule has 6 heteroatoms. The number of hydrogen-bond acceptors (Lipinski definition) is 4. The molecule has 0 spiro atoms. The Morgan fingerprint density at radius 3 is 2.45 bits per heavy atom. The minimum Gasteiger partial charge on any atom is -0.380 e. The fraction of sp³-hybridized carbons (Fsp3) is 0.857. The number of ether oxygens (including phenoxy) is 1. The van der Waals surface area contributed by atoms with Gasteiger partial charge in [-0.1, -0.05) is 6.92 Å². The number of carbonyl (C=O) groups excluding carboxylic acids is 2. The van der Waals surface area contributed by atoms with Gasteiger partial charge in [-0.3, -0.25) is 9.59 Å². The first-order valence-electron chi connectivity index (χ1n) is 7.29. The Morgan fingerprint density at radius 1 is 1.15 bits per heavy atom. The minimum atomic E-state index is -0.0755. The Hall–Kier alpha value is -1.14. The first-order valence-corrected chi connectivity index (χ1v) is 7.29. The highest BCUT2D eigenvalue weighted by Gasteiger charge is 2.11. The van der Waals surface area contributed by atoms with Gasteiger partial charge < -0.3 is 20.3 Å². The second-order valence-corrected chi connectivity index (χ2v) is 4.91. The summed E-state index contributed by atoms with van der Waals surface area (Å²) in [6.45, 7) is 9.08. The molecule has 0 aliphatic carbocycles. The maximum atomic E-state index is 11.7.